The first-order valence-corrected chi connectivity index (χ1v) is 6.31. The minimum atomic E-state index is -0.525. The second-order valence-corrected chi connectivity index (χ2v) is 4.62. The minimum absolute atomic E-state index is 0.369. The van der Waals surface area contributed by atoms with Gasteiger partial charge in [0.15, 0.2) is 0 Å². The summed E-state index contributed by atoms with van der Waals surface area (Å²) in [6.45, 7) is 5.54. The average Bonchev–Trinajstić information content (AvgIpc) is 2.38. The fraction of sp³-hybridized carbons (Fsp3) is 0.286. The summed E-state index contributed by atoms with van der Waals surface area (Å²) in [5, 5.41) is 2.87. The normalized spacial score (nSPS) is 11.9. The number of aromatic nitrogens is 3. The number of rotatable bonds is 4. The lowest BCUT2D eigenvalue weighted by molar-refractivity contribution is -0.118. The molecule has 0 unspecified atom stereocenters. The molecule has 0 aliphatic rings. The van der Waals surface area contributed by atoms with Gasteiger partial charge >= 0.3 is 0 Å². The predicted octanol–water partition coefficient (Wildman–Crippen LogP) is 1.44. The fourth-order valence-corrected chi connectivity index (χ4v) is 1.80. The van der Waals surface area contributed by atoms with Gasteiger partial charge in [-0.2, -0.15) is 0 Å². The molecule has 1 atom stereocenters. The van der Waals surface area contributed by atoms with E-state index in [0.29, 0.717) is 5.95 Å². The van der Waals surface area contributed by atoms with Gasteiger partial charge in [0.1, 0.15) is 6.04 Å². The highest BCUT2D eigenvalue weighted by Gasteiger charge is 2.11. The van der Waals surface area contributed by atoms with Crippen molar-refractivity contribution in [2.75, 3.05) is 5.32 Å². The maximum Gasteiger partial charge on any atom is 0.239 e. The molecule has 0 radical (unpaired) electrons. The molecule has 20 heavy (non-hydrogen) atoms. The summed E-state index contributed by atoms with van der Waals surface area (Å²) in [7, 11) is 0. The second kappa shape index (κ2) is 5.64. The molecule has 0 saturated heterocycles. The van der Waals surface area contributed by atoms with E-state index in [-0.39, 0.29) is 0 Å². The maximum absolute atomic E-state index is 11.0. The number of primary amides is 1. The first-order chi connectivity index (χ1) is 9.47. The Morgan fingerprint density at radius 1 is 1.25 bits per heavy atom. The molecule has 3 N–H and O–H groups in total. The fourth-order valence-electron chi connectivity index (χ4n) is 1.80. The van der Waals surface area contributed by atoms with Crippen molar-refractivity contribution in [3.8, 4) is 11.3 Å². The van der Waals surface area contributed by atoms with E-state index in [9.17, 15) is 4.79 Å². The largest absolute Gasteiger partial charge is 0.368 e. The van der Waals surface area contributed by atoms with E-state index in [2.05, 4.69) is 20.3 Å². The van der Waals surface area contributed by atoms with Gasteiger partial charge < -0.3 is 11.1 Å². The van der Waals surface area contributed by atoms with E-state index in [0.717, 1.165) is 22.6 Å². The number of carbonyl (C=O) groups is 1. The minimum Gasteiger partial charge on any atom is -0.368 e. The molecule has 6 nitrogen and oxygen atoms in total. The number of nitrogens with one attached hydrogen (secondary N) is 1. The average molecular weight is 271 g/mol. The zero-order valence-electron chi connectivity index (χ0n) is 11.7. The van der Waals surface area contributed by atoms with Crippen molar-refractivity contribution < 1.29 is 4.79 Å². The molecule has 2 heterocycles. The molecule has 0 saturated carbocycles. The Bertz CT molecular complexity index is 641. The van der Waals surface area contributed by atoms with E-state index < -0.39 is 11.9 Å². The van der Waals surface area contributed by atoms with Gasteiger partial charge in [0.2, 0.25) is 11.9 Å². The van der Waals surface area contributed by atoms with Crippen LogP contribution in [0.3, 0.4) is 0 Å². The van der Waals surface area contributed by atoms with Crippen LogP contribution in [-0.4, -0.2) is 26.9 Å². The third-order valence-electron chi connectivity index (χ3n) is 2.93. The Morgan fingerprint density at radius 2 is 2.00 bits per heavy atom. The molecule has 0 bridgehead atoms. The number of pyridine rings is 1. The molecule has 2 aromatic rings. The summed E-state index contributed by atoms with van der Waals surface area (Å²) in [6.07, 6.45) is 1.64. The van der Waals surface area contributed by atoms with Crippen LogP contribution in [0.5, 0.6) is 0 Å². The predicted molar refractivity (Wildman–Crippen MR) is 77.0 cm³/mol. The zero-order chi connectivity index (χ0) is 14.7. The lowest BCUT2D eigenvalue weighted by Gasteiger charge is -2.11. The molecule has 0 aliphatic heterocycles. The highest BCUT2D eigenvalue weighted by molar-refractivity contribution is 5.81. The molecular weight excluding hydrogens is 254 g/mol. The van der Waals surface area contributed by atoms with Crippen LogP contribution in [0.4, 0.5) is 5.95 Å². The standard InChI is InChI=1S/C14H17N5O/c1-8-4-5-11(9(2)17-8)12-6-7-16-14(19-12)18-10(3)13(15)20/h4-7,10H,1-3H3,(H2,15,20)(H,16,18,19)/t10-/m1/s1. The molecule has 6 heteroatoms. The number of anilines is 1. The highest BCUT2D eigenvalue weighted by atomic mass is 16.1. The van der Waals surface area contributed by atoms with E-state index in [1.54, 1.807) is 19.2 Å². The lowest BCUT2D eigenvalue weighted by atomic mass is 10.1. The van der Waals surface area contributed by atoms with Crippen molar-refractivity contribution >= 4 is 11.9 Å². The quantitative estimate of drug-likeness (QED) is 0.877. The summed E-state index contributed by atoms with van der Waals surface area (Å²) in [6, 6.07) is 5.19. The van der Waals surface area contributed by atoms with Crippen molar-refractivity contribution in [1.29, 1.82) is 0 Å². The Labute approximate surface area is 117 Å². The monoisotopic (exact) mass is 271 g/mol. The summed E-state index contributed by atoms with van der Waals surface area (Å²) in [4.78, 5) is 23.9. The zero-order valence-corrected chi connectivity index (χ0v) is 11.7. The van der Waals surface area contributed by atoms with Crippen LogP contribution < -0.4 is 11.1 Å². The maximum atomic E-state index is 11.0. The van der Waals surface area contributed by atoms with Crippen molar-refractivity contribution in [3.05, 3.63) is 35.8 Å². The van der Waals surface area contributed by atoms with Crippen LogP contribution >= 0.6 is 0 Å². The number of aryl methyl sites for hydroxylation is 2. The summed E-state index contributed by atoms with van der Waals surface area (Å²) in [5.74, 6) is -0.0824. The summed E-state index contributed by atoms with van der Waals surface area (Å²) >= 11 is 0. The topological polar surface area (TPSA) is 93.8 Å². The second-order valence-electron chi connectivity index (χ2n) is 4.62. The van der Waals surface area contributed by atoms with Gasteiger partial charge in [-0.1, -0.05) is 0 Å². The van der Waals surface area contributed by atoms with Crippen LogP contribution in [-0.2, 0) is 4.79 Å². The summed E-state index contributed by atoms with van der Waals surface area (Å²) < 4.78 is 0. The van der Waals surface area contributed by atoms with Crippen LogP contribution in [0, 0.1) is 13.8 Å². The first kappa shape index (κ1) is 13.9. The molecule has 2 rings (SSSR count). The number of nitrogens with zero attached hydrogens (tertiary/aromatic N) is 3. The molecule has 2 aromatic heterocycles. The number of nitrogens with two attached hydrogens (primary N) is 1. The Balaban J connectivity index is 2.32. The van der Waals surface area contributed by atoms with E-state index in [4.69, 9.17) is 5.73 Å². The number of amides is 1. The van der Waals surface area contributed by atoms with E-state index in [1.165, 1.54) is 0 Å². The van der Waals surface area contributed by atoms with Gasteiger partial charge in [-0.3, -0.25) is 9.78 Å². The third-order valence-corrected chi connectivity index (χ3v) is 2.93. The van der Waals surface area contributed by atoms with E-state index >= 15 is 0 Å². The van der Waals surface area contributed by atoms with Gasteiger partial charge in [0.25, 0.3) is 0 Å². The van der Waals surface area contributed by atoms with Gasteiger partial charge in [0.05, 0.1) is 5.69 Å². The molecule has 104 valence electrons. The molecular formula is C14H17N5O. The van der Waals surface area contributed by atoms with Crippen LogP contribution in [0.1, 0.15) is 18.3 Å². The van der Waals surface area contributed by atoms with Gasteiger partial charge in [-0.15, -0.1) is 0 Å². The number of carbonyl (C=O) groups excluding carboxylic acids is 1. The first-order valence-electron chi connectivity index (χ1n) is 6.31. The Kier molecular flexibility index (Phi) is 3.93. The van der Waals surface area contributed by atoms with Crippen LogP contribution in [0.2, 0.25) is 0 Å². The van der Waals surface area contributed by atoms with Crippen LogP contribution in [0.15, 0.2) is 24.4 Å². The summed E-state index contributed by atoms with van der Waals surface area (Å²) in [5.41, 5.74) is 8.76. The van der Waals surface area contributed by atoms with Crippen LogP contribution in [0.25, 0.3) is 11.3 Å². The smallest absolute Gasteiger partial charge is 0.239 e. The molecule has 0 aliphatic carbocycles. The lowest BCUT2D eigenvalue weighted by Crippen LogP contribution is -2.33. The van der Waals surface area contributed by atoms with Gasteiger partial charge in [0, 0.05) is 23.1 Å². The Morgan fingerprint density at radius 3 is 2.65 bits per heavy atom. The van der Waals surface area contributed by atoms with Gasteiger partial charge in [-0.25, -0.2) is 9.97 Å². The molecule has 1 amide bonds. The van der Waals surface area contributed by atoms with Crippen molar-refractivity contribution in [2.24, 2.45) is 5.73 Å². The van der Waals surface area contributed by atoms with E-state index in [1.807, 2.05) is 26.0 Å². The number of hydrogen-bond acceptors (Lipinski definition) is 5. The SMILES string of the molecule is Cc1ccc(-c2ccnc(N[C@H](C)C(N)=O)n2)c(C)n1. The Hall–Kier alpha value is -2.50. The molecule has 0 spiro atoms. The van der Waals surface area contributed by atoms with Gasteiger partial charge in [-0.05, 0) is 39.0 Å². The van der Waals surface area contributed by atoms with Crippen molar-refractivity contribution in [2.45, 2.75) is 26.8 Å². The third kappa shape index (κ3) is 3.09. The highest BCUT2D eigenvalue weighted by Crippen LogP contribution is 2.20. The molecule has 0 aromatic carbocycles. The van der Waals surface area contributed by atoms with Crippen molar-refractivity contribution in [1.82, 2.24) is 15.0 Å². The van der Waals surface area contributed by atoms with Crippen molar-refractivity contribution in [3.63, 3.8) is 0 Å². The molecule has 0 fully saturated rings. The number of hydrogen-bond donors (Lipinski definition) is 2.